The first kappa shape index (κ1) is 16.9. The van der Waals surface area contributed by atoms with Crippen LogP contribution in [0.4, 0.5) is 5.69 Å². The van der Waals surface area contributed by atoms with E-state index in [1.54, 1.807) is 6.20 Å². The number of nitrogens with one attached hydrogen (secondary N) is 1. The number of aromatic nitrogens is 4. The van der Waals surface area contributed by atoms with E-state index in [-0.39, 0.29) is 5.91 Å². The van der Waals surface area contributed by atoms with Crippen molar-refractivity contribution < 1.29 is 9.32 Å². The molecular formula is C18H21N5O2. The highest BCUT2D eigenvalue weighted by atomic mass is 16.5. The van der Waals surface area contributed by atoms with E-state index in [9.17, 15) is 4.79 Å². The fourth-order valence-corrected chi connectivity index (χ4v) is 2.54. The highest BCUT2D eigenvalue weighted by Crippen LogP contribution is 2.21. The summed E-state index contributed by atoms with van der Waals surface area (Å²) in [4.78, 5) is 20.0. The van der Waals surface area contributed by atoms with Crippen LogP contribution < -0.4 is 5.32 Å². The third kappa shape index (κ3) is 4.32. The summed E-state index contributed by atoms with van der Waals surface area (Å²) in [6, 6.07) is 7.55. The lowest BCUT2D eigenvalue weighted by Gasteiger charge is -2.07. The molecule has 7 nitrogen and oxygen atoms in total. The van der Waals surface area contributed by atoms with Gasteiger partial charge >= 0.3 is 0 Å². The van der Waals surface area contributed by atoms with Crippen LogP contribution in [0.15, 0.2) is 41.2 Å². The van der Waals surface area contributed by atoms with Crippen LogP contribution >= 0.6 is 0 Å². The van der Waals surface area contributed by atoms with E-state index in [4.69, 9.17) is 4.52 Å². The van der Waals surface area contributed by atoms with Crippen molar-refractivity contribution in [2.75, 3.05) is 5.32 Å². The fourth-order valence-electron chi connectivity index (χ4n) is 2.54. The van der Waals surface area contributed by atoms with Gasteiger partial charge in [0.1, 0.15) is 5.82 Å². The minimum absolute atomic E-state index is 0.0939. The Morgan fingerprint density at radius 2 is 2.04 bits per heavy atom. The molecule has 2 aromatic heterocycles. The summed E-state index contributed by atoms with van der Waals surface area (Å²) in [5, 5.41) is 6.79. The lowest BCUT2D eigenvalue weighted by molar-refractivity contribution is -0.114. The molecule has 0 spiro atoms. The lowest BCUT2D eigenvalue weighted by atomic mass is 10.1. The van der Waals surface area contributed by atoms with Crippen molar-refractivity contribution in [3.8, 4) is 11.4 Å². The Balaban J connectivity index is 1.76. The maximum absolute atomic E-state index is 11.1. The molecule has 7 heteroatoms. The number of amides is 1. The highest BCUT2D eigenvalue weighted by molar-refractivity contribution is 5.88. The molecule has 25 heavy (non-hydrogen) atoms. The van der Waals surface area contributed by atoms with Gasteiger partial charge in [0, 0.05) is 37.0 Å². The zero-order chi connectivity index (χ0) is 17.8. The smallest absolute Gasteiger partial charge is 0.226 e. The summed E-state index contributed by atoms with van der Waals surface area (Å²) in [6.07, 6.45) is 4.40. The van der Waals surface area contributed by atoms with Gasteiger partial charge in [0.05, 0.1) is 6.54 Å². The molecule has 0 radical (unpaired) electrons. The van der Waals surface area contributed by atoms with Gasteiger partial charge in [-0.05, 0) is 30.2 Å². The summed E-state index contributed by atoms with van der Waals surface area (Å²) in [7, 11) is 0. The normalized spacial score (nSPS) is 11.0. The second kappa shape index (κ2) is 7.29. The predicted molar refractivity (Wildman–Crippen MR) is 93.9 cm³/mol. The van der Waals surface area contributed by atoms with E-state index in [2.05, 4.69) is 34.3 Å². The minimum Gasteiger partial charge on any atom is -0.339 e. The molecule has 3 aromatic rings. The van der Waals surface area contributed by atoms with E-state index in [0.717, 1.165) is 23.5 Å². The van der Waals surface area contributed by atoms with Crippen molar-refractivity contribution >= 4 is 11.6 Å². The summed E-state index contributed by atoms with van der Waals surface area (Å²) in [5.74, 6) is 2.48. The van der Waals surface area contributed by atoms with Gasteiger partial charge in [0.25, 0.3) is 0 Å². The van der Waals surface area contributed by atoms with Gasteiger partial charge in [-0.15, -0.1) is 0 Å². The van der Waals surface area contributed by atoms with Crippen LogP contribution in [0, 0.1) is 5.92 Å². The van der Waals surface area contributed by atoms with Gasteiger partial charge < -0.3 is 14.4 Å². The van der Waals surface area contributed by atoms with E-state index >= 15 is 0 Å². The number of benzene rings is 1. The number of imidazole rings is 1. The molecule has 0 atom stereocenters. The molecule has 0 fully saturated rings. The van der Waals surface area contributed by atoms with Crippen LogP contribution in [0.25, 0.3) is 11.4 Å². The molecule has 130 valence electrons. The zero-order valence-corrected chi connectivity index (χ0v) is 14.6. The number of anilines is 1. The van der Waals surface area contributed by atoms with Crippen molar-refractivity contribution in [3.05, 3.63) is 48.4 Å². The Morgan fingerprint density at radius 1 is 1.28 bits per heavy atom. The van der Waals surface area contributed by atoms with E-state index in [1.165, 1.54) is 6.92 Å². The Labute approximate surface area is 146 Å². The van der Waals surface area contributed by atoms with Gasteiger partial charge in [-0.2, -0.15) is 4.98 Å². The van der Waals surface area contributed by atoms with Crippen LogP contribution in [-0.4, -0.2) is 25.6 Å². The quantitative estimate of drug-likeness (QED) is 0.745. The maximum Gasteiger partial charge on any atom is 0.226 e. The molecule has 0 bridgehead atoms. The number of carbonyl (C=O) groups is 1. The van der Waals surface area contributed by atoms with Crippen molar-refractivity contribution in [1.29, 1.82) is 0 Å². The van der Waals surface area contributed by atoms with Crippen LogP contribution in [0.1, 0.15) is 32.5 Å². The van der Waals surface area contributed by atoms with Gasteiger partial charge in [0.15, 0.2) is 5.82 Å². The van der Waals surface area contributed by atoms with Crippen LogP contribution in [0.5, 0.6) is 0 Å². The zero-order valence-electron chi connectivity index (χ0n) is 14.6. The Morgan fingerprint density at radius 3 is 2.72 bits per heavy atom. The first-order valence-corrected chi connectivity index (χ1v) is 8.22. The molecular weight excluding hydrogens is 318 g/mol. The SMILES string of the molecule is CC(=O)Nc1ccc(-c2nccn2Cc2noc(CC(C)C)n2)cc1. The van der Waals surface area contributed by atoms with E-state index < -0.39 is 0 Å². The number of carbonyl (C=O) groups excluding carboxylic acids is 1. The minimum atomic E-state index is -0.0939. The highest BCUT2D eigenvalue weighted by Gasteiger charge is 2.12. The molecule has 3 rings (SSSR count). The van der Waals surface area contributed by atoms with Crippen molar-refractivity contribution in [2.24, 2.45) is 5.92 Å². The largest absolute Gasteiger partial charge is 0.339 e. The second-order valence-electron chi connectivity index (χ2n) is 6.34. The number of nitrogens with zero attached hydrogens (tertiary/aromatic N) is 4. The Bertz CT molecular complexity index is 848. The predicted octanol–water partition coefficient (Wildman–Crippen LogP) is 3.14. The van der Waals surface area contributed by atoms with Crippen molar-refractivity contribution in [3.63, 3.8) is 0 Å². The van der Waals surface area contributed by atoms with Crippen molar-refractivity contribution in [2.45, 2.75) is 33.7 Å². The molecule has 0 unspecified atom stereocenters. The third-order valence-electron chi connectivity index (χ3n) is 3.58. The van der Waals surface area contributed by atoms with Gasteiger partial charge in [-0.25, -0.2) is 4.98 Å². The Kier molecular flexibility index (Phi) is 4.92. The number of hydrogen-bond donors (Lipinski definition) is 1. The second-order valence-corrected chi connectivity index (χ2v) is 6.34. The standard InChI is InChI=1S/C18H21N5O2/c1-12(2)10-17-21-16(22-25-17)11-23-9-8-19-18(23)14-4-6-15(7-5-14)20-13(3)24/h4-9,12H,10-11H2,1-3H3,(H,20,24). The molecule has 1 N–H and O–H groups in total. The molecule has 0 aliphatic rings. The van der Waals surface area contributed by atoms with Gasteiger partial charge in [0.2, 0.25) is 11.8 Å². The maximum atomic E-state index is 11.1. The average molecular weight is 339 g/mol. The number of rotatable bonds is 6. The van der Waals surface area contributed by atoms with Crippen LogP contribution in [0.3, 0.4) is 0 Å². The molecule has 0 saturated carbocycles. The molecule has 1 amide bonds. The topological polar surface area (TPSA) is 85.8 Å². The Hall–Kier alpha value is -2.96. The van der Waals surface area contributed by atoms with Crippen LogP contribution in [-0.2, 0) is 17.8 Å². The molecule has 0 aliphatic carbocycles. The lowest BCUT2D eigenvalue weighted by Crippen LogP contribution is -2.06. The summed E-state index contributed by atoms with van der Waals surface area (Å²) in [5.41, 5.74) is 1.70. The number of hydrogen-bond acceptors (Lipinski definition) is 5. The molecule has 2 heterocycles. The van der Waals surface area contributed by atoms with Gasteiger partial charge in [-0.3, -0.25) is 4.79 Å². The van der Waals surface area contributed by atoms with E-state index in [1.807, 2.05) is 35.0 Å². The molecule has 0 aliphatic heterocycles. The average Bonchev–Trinajstić information content (AvgIpc) is 3.17. The first-order valence-electron chi connectivity index (χ1n) is 8.22. The van der Waals surface area contributed by atoms with Gasteiger partial charge in [-0.1, -0.05) is 19.0 Å². The summed E-state index contributed by atoms with van der Waals surface area (Å²) >= 11 is 0. The first-order chi connectivity index (χ1) is 12.0. The monoisotopic (exact) mass is 339 g/mol. The fraction of sp³-hybridized carbons (Fsp3) is 0.333. The molecule has 1 aromatic carbocycles. The summed E-state index contributed by atoms with van der Waals surface area (Å²) < 4.78 is 7.26. The molecule has 0 saturated heterocycles. The third-order valence-corrected chi connectivity index (χ3v) is 3.58. The van der Waals surface area contributed by atoms with Crippen LogP contribution in [0.2, 0.25) is 0 Å². The summed E-state index contributed by atoms with van der Waals surface area (Å²) in [6.45, 7) is 6.20. The van der Waals surface area contributed by atoms with Crippen molar-refractivity contribution in [1.82, 2.24) is 19.7 Å². The van der Waals surface area contributed by atoms with E-state index in [0.29, 0.717) is 24.2 Å².